The molecule has 0 aliphatic carbocycles. The molecule has 4 heterocycles. The summed E-state index contributed by atoms with van der Waals surface area (Å²) < 4.78 is 8.74. The first kappa shape index (κ1) is 25.2. The van der Waals surface area contributed by atoms with Gasteiger partial charge in [-0.15, -0.1) is 0 Å². The molecule has 0 radical (unpaired) electrons. The van der Waals surface area contributed by atoms with E-state index in [0.717, 1.165) is 39.6 Å². The molecule has 2 aliphatic rings. The van der Waals surface area contributed by atoms with Gasteiger partial charge in [-0.1, -0.05) is 60.7 Å². The van der Waals surface area contributed by atoms with E-state index in [4.69, 9.17) is 4.74 Å². The lowest BCUT2D eigenvalue weighted by Crippen LogP contribution is -2.36. The van der Waals surface area contributed by atoms with E-state index in [2.05, 4.69) is 143 Å². The van der Waals surface area contributed by atoms with E-state index in [9.17, 15) is 0 Å². The number of nitrogens with zero attached hydrogens (tertiary/aromatic N) is 4. The summed E-state index contributed by atoms with van der Waals surface area (Å²) in [6.07, 6.45) is 12.8. The molecule has 0 fully saturated rings. The Morgan fingerprint density at radius 2 is 1.47 bits per heavy atom. The Morgan fingerprint density at radius 3 is 2.33 bits per heavy atom. The summed E-state index contributed by atoms with van der Waals surface area (Å²) in [5.74, 6) is 2.45. The number of anilines is 1. The Bertz CT molecular complexity index is 2080. The Labute approximate surface area is 250 Å². The van der Waals surface area contributed by atoms with Crippen LogP contribution in [-0.4, -0.2) is 20.6 Å². The van der Waals surface area contributed by atoms with E-state index in [0.29, 0.717) is 0 Å². The molecule has 0 N–H and O–H groups in total. The standard InChI is InChI=1S/C38H30N4O/c1-26-11-9-12-27(2)38(26)41-25-35(40-22-8-6-18-37(40)41)28-13-10-14-29(23-28)43-30-19-20-32-31-15-3-4-16-33(31)42(34(32)24-30)36-17-5-7-21-39-36/h3-25,37H,1-2H3. The van der Waals surface area contributed by atoms with E-state index in [1.807, 2.05) is 30.5 Å². The number of pyridine rings is 1. The van der Waals surface area contributed by atoms with Gasteiger partial charge >= 0.3 is 0 Å². The SMILES string of the molecule is Cc1cccc(C)c1N1C=C(c2cccc(Oc3ccc4c5ccccc5n(-c5ccccn5)c4c3)c2)N2C=CC=CC21. The number of rotatable bonds is 5. The highest BCUT2D eigenvalue weighted by atomic mass is 16.5. The highest BCUT2D eigenvalue weighted by molar-refractivity contribution is 6.09. The van der Waals surface area contributed by atoms with Gasteiger partial charge < -0.3 is 14.5 Å². The van der Waals surface area contributed by atoms with Crippen LogP contribution < -0.4 is 9.64 Å². The van der Waals surface area contributed by atoms with Crippen LogP contribution in [0.3, 0.4) is 0 Å². The third kappa shape index (κ3) is 4.20. The molecule has 0 saturated heterocycles. The number of hydrogen-bond acceptors (Lipinski definition) is 4. The number of benzene rings is 4. The first-order valence-corrected chi connectivity index (χ1v) is 14.6. The highest BCUT2D eigenvalue weighted by Gasteiger charge is 2.33. The summed E-state index contributed by atoms with van der Waals surface area (Å²) in [7, 11) is 0. The molecule has 6 aromatic rings. The molecular weight excluding hydrogens is 528 g/mol. The fourth-order valence-corrected chi connectivity index (χ4v) is 6.45. The van der Waals surface area contributed by atoms with E-state index in [-0.39, 0.29) is 6.17 Å². The normalized spacial score (nSPS) is 15.8. The summed E-state index contributed by atoms with van der Waals surface area (Å²) in [6, 6.07) is 35.6. The van der Waals surface area contributed by atoms with Crippen molar-refractivity contribution in [2.24, 2.45) is 0 Å². The smallest absolute Gasteiger partial charge is 0.137 e. The minimum atomic E-state index is 0.0836. The minimum Gasteiger partial charge on any atom is -0.457 e. The maximum absolute atomic E-state index is 6.53. The molecule has 2 aromatic heterocycles. The van der Waals surface area contributed by atoms with Crippen LogP contribution >= 0.6 is 0 Å². The molecule has 2 aliphatic heterocycles. The molecule has 5 nitrogen and oxygen atoms in total. The second-order valence-electron chi connectivity index (χ2n) is 11.1. The second kappa shape index (κ2) is 10.1. The Kier molecular flexibility index (Phi) is 5.90. The summed E-state index contributed by atoms with van der Waals surface area (Å²) in [5, 5.41) is 2.36. The van der Waals surface area contributed by atoms with Gasteiger partial charge in [-0.2, -0.15) is 0 Å². The first-order chi connectivity index (χ1) is 21.2. The third-order valence-corrected chi connectivity index (χ3v) is 8.34. The predicted molar refractivity (Wildman–Crippen MR) is 175 cm³/mol. The number of aromatic nitrogens is 2. The Balaban J connectivity index is 1.18. The quantitative estimate of drug-likeness (QED) is 0.211. The fourth-order valence-electron chi connectivity index (χ4n) is 6.45. The summed E-state index contributed by atoms with van der Waals surface area (Å²) in [5.41, 5.74) is 8.17. The first-order valence-electron chi connectivity index (χ1n) is 14.6. The molecule has 0 saturated carbocycles. The lowest BCUT2D eigenvalue weighted by atomic mass is 10.1. The van der Waals surface area contributed by atoms with Crippen molar-refractivity contribution in [2.75, 3.05) is 4.90 Å². The highest BCUT2D eigenvalue weighted by Crippen LogP contribution is 2.40. The van der Waals surface area contributed by atoms with Crippen molar-refractivity contribution in [1.29, 1.82) is 0 Å². The average molecular weight is 559 g/mol. The van der Waals surface area contributed by atoms with Crippen molar-refractivity contribution in [3.05, 3.63) is 157 Å². The molecule has 5 heteroatoms. The zero-order chi connectivity index (χ0) is 28.9. The zero-order valence-electron chi connectivity index (χ0n) is 24.1. The molecule has 8 rings (SSSR count). The van der Waals surface area contributed by atoms with E-state index in [1.165, 1.54) is 27.6 Å². The Morgan fingerprint density at radius 1 is 0.674 bits per heavy atom. The number of para-hydroxylation sites is 2. The van der Waals surface area contributed by atoms with E-state index in [1.54, 1.807) is 0 Å². The van der Waals surface area contributed by atoms with Gasteiger partial charge in [-0.05, 0) is 79.6 Å². The molecule has 0 amide bonds. The summed E-state index contributed by atoms with van der Waals surface area (Å²) in [4.78, 5) is 9.35. The van der Waals surface area contributed by atoms with Crippen molar-refractivity contribution in [2.45, 2.75) is 20.0 Å². The maximum Gasteiger partial charge on any atom is 0.137 e. The summed E-state index contributed by atoms with van der Waals surface area (Å²) >= 11 is 0. The molecule has 1 atom stereocenters. The molecule has 43 heavy (non-hydrogen) atoms. The maximum atomic E-state index is 6.53. The van der Waals surface area contributed by atoms with Gasteiger partial charge in [-0.25, -0.2) is 4.98 Å². The zero-order valence-corrected chi connectivity index (χ0v) is 24.1. The largest absolute Gasteiger partial charge is 0.457 e. The van der Waals surface area contributed by atoms with Crippen LogP contribution in [0.2, 0.25) is 0 Å². The second-order valence-corrected chi connectivity index (χ2v) is 11.1. The predicted octanol–water partition coefficient (Wildman–Crippen LogP) is 9.12. The van der Waals surface area contributed by atoms with Crippen LogP contribution in [0.5, 0.6) is 11.5 Å². The van der Waals surface area contributed by atoms with Crippen LogP contribution in [0.1, 0.15) is 16.7 Å². The van der Waals surface area contributed by atoms with Gasteiger partial charge in [0.25, 0.3) is 0 Å². The Hall–Kier alpha value is -5.55. The number of ether oxygens (including phenoxy) is 1. The van der Waals surface area contributed by atoms with Crippen molar-refractivity contribution in [3.63, 3.8) is 0 Å². The van der Waals surface area contributed by atoms with Crippen molar-refractivity contribution >= 4 is 33.2 Å². The van der Waals surface area contributed by atoms with Gasteiger partial charge in [0.2, 0.25) is 0 Å². The summed E-state index contributed by atoms with van der Waals surface area (Å²) in [6.45, 7) is 4.36. The minimum absolute atomic E-state index is 0.0836. The lowest BCUT2D eigenvalue weighted by Gasteiger charge is -2.33. The van der Waals surface area contributed by atoms with Crippen molar-refractivity contribution < 1.29 is 4.74 Å². The van der Waals surface area contributed by atoms with E-state index >= 15 is 0 Å². The van der Waals surface area contributed by atoms with Crippen LogP contribution in [0.15, 0.2) is 140 Å². The van der Waals surface area contributed by atoms with Crippen LogP contribution in [0.25, 0.3) is 33.3 Å². The van der Waals surface area contributed by atoms with Crippen molar-refractivity contribution in [3.8, 4) is 17.3 Å². The van der Waals surface area contributed by atoms with Gasteiger partial charge in [0.05, 0.1) is 16.7 Å². The number of hydrogen-bond donors (Lipinski definition) is 0. The monoisotopic (exact) mass is 558 g/mol. The van der Waals surface area contributed by atoms with E-state index < -0.39 is 0 Å². The van der Waals surface area contributed by atoms with Gasteiger partial charge in [0.1, 0.15) is 23.5 Å². The lowest BCUT2D eigenvalue weighted by molar-refractivity contribution is 0.469. The van der Waals surface area contributed by atoms with Gasteiger partial charge in [-0.3, -0.25) is 4.57 Å². The molecule has 1 unspecified atom stereocenters. The number of allylic oxidation sites excluding steroid dienone is 2. The molecular formula is C38H30N4O. The number of aryl methyl sites for hydroxylation is 2. The van der Waals surface area contributed by atoms with Gasteiger partial charge in [0, 0.05) is 46.7 Å². The van der Waals surface area contributed by atoms with Gasteiger partial charge in [0.15, 0.2) is 0 Å². The average Bonchev–Trinajstić information content (AvgIpc) is 3.58. The van der Waals surface area contributed by atoms with Crippen LogP contribution in [0, 0.1) is 13.8 Å². The third-order valence-electron chi connectivity index (χ3n) is 8.34. The van der Waals surface area contributed by atoms with Crippen LogP contribution in [0.4, 0.5) is 5.69 Å². The van der Waals surface area contributed by atoms with Crippen LogP contribution in [-0.2, 0) is 0 Å². The fraction of sp³-hybridized carbons (Fsp3) is 0.0789. The topological polar surface area (TPSA) is 33.5 Å². The molecule has 4 aromatic carbocycles. The molecule has 0 spiro atoms. The van der Waals surface area contributed by atoms with Crippen molar-refractivity contribution in [1.82, 2.24) is 14.5 Å². The molecule has 208 valence electrons. The number of fused-ring (bicyclic) bond motifs is 4. The molecule has 0 bridgehead atoms.